The molecule has 0 spiro atoms. The Kier molecular flexibility index (Phi) is 2.38. The highest BCUT2D eigenvalue weighted by molar-refractivity contribution is 5.65. The standard InChI is InChI=1S/C10H7NO5/c1-2-6-7(4-12)8(11(13)14)3-9-10(6)16-5-15-9/h1,3,12H,4-5H2. The summed E-state index contributed by atoms with van der Waals surface area (Å²) in [6.45, 7) is -0.553. The Labute approximate surface area is 90.6 Å². The van der Waals surface area contributed by atoms with Gasteiger partial charge in [-0.15, -0.1) is 6.42 Å². The fraction of sp³-hybridized carbons (Fsp3) is 0.200. The second kappa shape index (κ2) is 3.72. The van der Waals surface area contributed by atoms with Crippen molar-refractivity contribution in [3.05, 3.63) is 27.3 Å². The molecule has 1 heterocycles. The number of aliphatic hydroxyl groups excluding tert-OH is 1. The van der Waals surface area contributed by atoms with E-state index in [2.05, 4.69) is 5.92 Å². The van der Waals surface area contributed by atoms with E-state index in [1.54, 1.807) is 0 Å². The molecule has 2 rings (SSSR count). The fourth-order valence-electron chi connectivity index (χ4n) is 1.54. The number of fused-ring (bicyclic) bond motifs is 1. The van der Waals surface area contributed by atoms with Gasteiger partial charge in [0, 0.05) is 0 Å². The molecule has 0 aliphatic carbocycles. The second-order valence-corrected chi connectivity index (χ2v) is 3.04. The van der Waals surface area contributed by atoms with Crippen molar-refractivity contribution in [2.24, 2.45) is 0 Å². The van der Waals surface area contributed by atoms with Crippen molar-refractivity contribution in [1.82, 2.24) is 0 Å². The summed E-state index contributed by atoms with van der Waals surface area (Å²) in [5.74, 6) is 2.78. The lowest BCUT2D eigenvalue weighted by molar-refractivity contribution is -0.385. The van der Waals surface area contributed by atoms with E-state index in [9.17, 15) is 10.1 Å². The van der Waals surface area contributed by atoms with Crippen LogP contribution in [0.1, 0.15) is 11.1 Å². The number of nitro groups is 1. The van der Waals surface area contributed by atoms with Gasteiger partial charge in [0.25, 0.3) is 5.69 Å². The molecule has 0 saturated carbocycles. The third-order valence-electron chi connectivity index (χ3n) is 2.25. The zero-order valence-electron chi connectivity index (χ0n) is 8.10. The molecule has 1 aliphatic heterocycles. The molecule has 0 fully saturated rings. The smallest absolute Gasteiger partial charge is 0.280 e. The SMILES string of the molecule is C#Cc1c(CO)c([N+](=O)[O-])cc2c1OCO2. The summed E-state index contributed by atoms with van der Waals surface area (Å²) in [5, 5.41) is 19.9. The number of aliphatic hydroxyl groups is 1. The molecule has 0 unspecified atom stereocenters. The first-order valence-electron chi connectivity index (χ1n) is 4.36. The number of hydrogen-bond donors (Lipinski definition) is 1. The molecule has 0 bridgehead atoms. The van der Waals surface area contributed by atoms with Gasteiger partial charge in [-0.2, -0.15) is 0 Å². The van der Waals surface area contributed by atoms with E-state index in [1.165, 1.54) is 6.07 Å². The molecule has 0 radical (unpaired) electrons. The summed E-state index contributed by atoms with van der Waals surface area (Å²) in [5.41, 5.74) is -0.0272. The topological polar surface area (TPSA) is 81.8 Å². The van der Waals surface area contributed by atoms with E-state index in [4.69, 9.17) is 21.0 Å². The number of terminal acetylenes is 1. The van der Waals surface area contributed by atoms with Crippen molar-refractivity contribution in [1.29, 1.82) is 0 Å². The number of ether oxygens (including phenoxy) is 2. The molecule has 6 heteroatoms. The van der Waals surface area contributed by atoms with Crippen LogP contribution >= 0.6 is 0 Å². The Balaban J connectivity index is 2.75. The van der Waals surface area contributed by atoms with Crippen LogP contribution < -0.4 is 9.47 Å². The monoisotopic (exact) mass is 221 g/mol. The quantitative estimate of drug-likeness (QED) is 0.453. The van der Waals surface area contributed by atoms with Crippen molar-refractivity contribution in [3.8, 4) is 23.8 Å². The van der Waals surface area contributed by atoms with Crippen molar-refractivity contribution < 1.29 is 19.5 Å². The highest BCUT2D eigenvalue weighted by atomic mass is 16.7. The van der Waals surface area contributed by atoms with Gasteiger partial charge in [0.05, 0.1) is 28.7 Å². The van der Waals surface area contributed by atoms with Gasteiger partial charge in [0.2, 0.25) is 6.79 Å². The van der Waals surface area contributed by atoms with E-state index >= 15 is 0 Å². The number of nitrogens with zero attached hydrogens (tertiary/aromatic N) is 1. The third-order valence-corrected chi connectivity index (χ3v) is 2.25. The minimum absolute atomic E-state index is 0.0317. The largest absolute Gasteiger partial charge is 0.453 e. The van der Waals surface area contributed by atoms with Gasteiger partial charge in [-0.1, -0.05) is 5.92 Å². The average Bonchev–Trinajstić information content (AvgIpc) is 2.73. The normalized spacial score (nSPS) is 12.2. The summed E-state index contributed by atoms with van der Waals surface area (Å²) < 4.78 is 10.1. The van der Waals surface area contributed by atoms with Gasteiger partial charge >= 0.3 is 0 Å². The van der Waals surface area contributed by atoms with Crippen LogP contribution in [0.25, 0.3) is 0 Å². The number of nitro benzene ring substituents is 1. The molecule has 1 aromatic carbocycles. The Morgan fingerprint density at radius 2 is 2.38 bits per heavy atom. The van der Waals surface area contributed by atoms with Crippen LogP contribution in [0.15, 0.2) is 6.07 Å². The van der Waals surface area contributed by atoms with Crippen LogP contribution in [-0.2, 0) is 6.61 Å². The first-order chi connectivity index (χ1) is 7.69. The highest BCUT2D eigenvalue weighted by Crippen LogP contribution is 2.41. The summed E-state index contributed by atoms with van der Waals surface area (Å²) in [4.78, 5) is 10.2. The molecule has 0 amide bonds. The van der Waals surface area contributed by atoms with E-state index in [0.717, 1.165) is 0 Å². The van der Waals surface area contributed by atoms with Crippen LogP contribution in [0.2, 0.25) is 0 Å². The molecule has 6 nitrogen and oxygen atoms in total. The maximum absolute atomic E-state index is 10.8. The van der Waals surface area contributed by atoms with Gasteiger partial charge in [-0.25, -0.2) is 0 Å². The highest BCUT2D eigenvalue weighted by Gasteiger charge is 2.28. The molecule has 16 heavy (non-hydrogen) atoms. The molecule has 1 aromatic rings. The Morgan fingerprint density at radius 3 is 2.94 bits per heavy atom. The summed E-state index contributed by atoms with van der Waals surface area (Å²) in [6.07, 6.45) is 5.25. The predicted octanol–water partition coefficient (Wildman–Crippen LogP) is 0.797. The van der Waals surface area contributed by atoms with Crippen molar-refractivity contribution in [2.45, 2.75) is 6.61 Å². The van der Waals surface area contributed by atoms with Crippen LogP contribution in [0.3, 0.4) is 0 Å². The maximum Gasteiger partial charge on any atom is 0.280 e. The van der Waals surface area contributed by atoms with Crippen molar-refractivity contribution in [2.75, 3.05) is 6.79 Å². The van der Waals surface area contributed by atoms with E-state index in [-0.39, 0.29) is 35.1 Å². The molecular weight excluding hydrogens is 214 g/mol. The lowest BCUT2D eigenvalue weighted by Crippen LogP contribution is -1.99. The van der Waals surface area contributed by atoms with Gasteiger partial charge in [-0.05, 0) is 0 Å². The van der Waals surface area contributed by atoms with Gasteiger partial charge in [0.1, 0.15) is 0 Å². The minimum atomic E-state index is -0.617. The minimum Gasteiger partial charge on any atom is -0.453 e. The predicted molar refractivity (Wildman–Crippen MR) is 53.1 cm³/mol. The van der Waals surface area contributed by atoms with Gasteiger partial charge < -0.3 is 14.6 Å². The van der Waals surface area contributed by atoms with Crippen LogP contribution in [0, 0.1) is 22.5 Å². The Bertz CT molecular complexity index is 503. The molecular formula is C10H7NO5. The van der Waals surface area contributed by atoms with E-state index in [0.29, 0.717) is 0 Å². The summed E-state index contributed by atoms with van der Waals surface area (Å²) in [7, 11) is 0. The maximum atomic E-state index is 10.8. The molecule has 0 atom stereocenters. The third kappa shape index (κ3) is 1.34. The number of benzene rings is 1. The van der Waals surface area contributed by atoms with Gasteiger partial charge in [0.15, 0.2) is 11.5 Å². The number of rotatable bonds is 2. The second-order valence-electron chi connectivity index (χ2n) is 3.04. The zero-order chi connectivity index (χ0) is 11.7. The summed E-state index contributed by atoms with van der Waals surface area (Å²) >= 11 is 0. The number of hydrogen-bond acceptors (Lipinski definition) is 5. The Hall–Kier alpha value is -2.26. The first kappa shape index (κ1) is 10.3. The molecule has 1 aliphatic rings. The molecule has 1 N–H and O–H groups in total. The van der Waals surface area contributed by atoms with E-state index < -0.39 is 11.5 Å². The summed E-state index contributed by atoms with van der Waals surface area (Å²) in [6, 6.07) is 1.20. The van der Waals surface area contributed by atoms with Gasteiger partial charge in [-0.3, -0.25) is 10.1 Å². The molecule has 0 saturated heterocycles. The molecule has 82 valence electrons. The van der Waals surface area contributed by atoms with Crippen molar-refractivity contribution >= 4 is 5.69 Å². The first-order valence-corrected chi connectivity index (χ1v) is 4.36. The lowest BCUT2D eigenvalue weighted by Gasteiger charge is -2.06. The van der Waals surface area contributed by atoms with Crippen LogP contribution in [0.4, 0.5) is 5.69 Å². The van der Waals surface area contributed by atoms with Crippen molar-refractivity contribution in [3.63, 3.8) is 0 Å². The Morgan fingerprint density at radius 1 is 1.62 bits per heavy atom. The van der Waals surface area contributed by atoms with Crippen LogP contribution in [0.5, 0.6) is 11.5 Å². The van der Waals surface area contributed by atoms with E-state index in [1.807, 2.05) is 0 Å². The lowest BCUT2D eigenvalue weighted by atomic mass is 10.0. The average molecular weight is 221 g/mol. The molecule has 0 aromatic heterocycles. The zero-order valence-corrected chi connectivity index (χ0v) is 8.10. The van der Waals surface area contributed by atoms with Crippen LogP contribution in [-0.4, -0.2) is 16.8 Å². The fourth-order valence-corrected chi connectivity index (χ4v) is 1.54.